The van der Waals surface area contributed by atoms with Crippen molar-refractivity contribution in [3.63, 3.8) is 0 Å². The van der Waals surface area contributed by atoms with Gasteiger partial charge in [-0.25, -0.2) is 0 Å². The van der Waals surface area contributed by atoms with Gasteiger partial charge < -0.3 is 10.2 Å². The van der Waals surface area contributed by atoms with E-state index in [1.807, 2.05) is 48.5 Å². The van der Waals surface area contributed by atoms with Crippen LogP contribution < -0.4 is 10.2 Å². The second-order valence-electron chi connectivity index (χ2n) is 6.39. The quantitative estimate of drug-likeness (QED) is 0.509. The first-order chi connectivity index (χ1) is 14.1. The van der Waals surface area contributed by atoms with Crippen molar-refractivity contribution in [2.75, 3.05) is 18.0 Å². The van der Waals surface area contributed by atoms with Crippen LogP contribution in [0.25, 0.3) is 0 Å². The van der Waals surface area contributed by atoms with Crippen LogP contribution in [0.2, 0.25) is 10.0 Å². The van der Waals surface area contributed by atoms with E-state index in [-0.39, 0.29) is 11.8 Å². The SMILES string of the molecule is O=C(NCCCN(C(=O)c1ccc(Cl)cc1Cl)c1ccccc1)c1ccccc1. The Hall–Kier alpha value is -2.82. The predicted octanol–water partition coefficient (Wildman–Crippen LogP) is 5.46. The molecule has 0 fully saturated rings. The number of amides is 2. The summed E-state index contributed by atoms with van der Waals surface area (Å²) in [6.45, 7) is 0.871. The summed E-state index contributed by atoms with van der Waals surface area (Å²) in [5.41, 5.74) is 1.75. The Morgan fingerprint density at radius 2 is 1.52 bits per heavy atom. The number of rotatable bonds is 7. The molecular weight excluding hydrogens is 407 g/mol. The van der Waals surface area contributed by atoms with Gasteiger partial charge >= 0.3 is 0 Å². The van der Waals surface area contributed by atoms with Crippen molar-refractivity contribution in [1.82, 2.24) is 5.32 Å². The molecule has 0 aliphatic rings. The molecule has 2 amide bonds. The van der Waals surface area contributed by atoms with Gasteiger partial charge in [0.25, 0.3) is 11.8 Å². The second kappa shape index (κ2) is 10.1. The van der Waals surface area contributed by atoms with E-state index in [1.165, 1.54) is 0 Å². The van der Waals surface area contributed by atoms with E-state index in [0.29, 0.717) is 40.7 Å². The predicted molar refractivity (Wildman–Crippen MR) is 118 cm³/mol. The highest BCUT2D eigenvalue weighted by molar-refractivity contribution is 6.37. The highest BCUT2D eigenvalue weighted by Crippen LogP contribution is 2.25. The van der Waals surface area contributed by atoms with Crippen LogP contribution >= 0.6 is 23.2 Å². The summed E-state index contributed by atoms with van der Waals surface area (Å²) in [6.07, 6.45) is 0.588. The lowest BCUT2D eigenvalue weighted by Crippen LogP contribution is -2.34. The van der Waals surface area contributed by atoms with Crippen LogP contribution in [0.3, 0.4) is 0 Å². The molecule has 4 nitrogen and oxygen atoms in total. The average molecular weight is 427 g/mol. The first-order valence-corrected chi connectivity index (χ1v) is 9.97. The van der Waals surface area contributed by atoms with Crippen molar-refractivity contribution >= 4 is 40.7 Å². The molecule has 0 aliphatic carbocycles. The van der Waals surface area contributed by atoms with Crippen LogP contribution in [0, 0.1) is 0 Å². The molecule has 3 aromatic rings. The monoisotopic (exact) mass is 426 g/mol. The Morgan fingerprint density at radius 3 is 2.17 bits per heavy atom. The molecule has 0 radical (unpaired) electrons. The van der Waals surface area contributed by atoms with Gasteiger partial charge in [0.2, 0.25) is 0 Å². The van der Waals surface area contributed by atoms with Gasteiger partial charge in [0, 0.05) is 29.4 Å². The number of nitrogens with one attached hydrogen (secondary N) is 1. The van der Waals surface area contributed by atoms with Crippen LogP contribution in [0.4, 0.5) is 5.69 Å². The van der Waals surface area contributed by atoms with Crippen molar-refractivity contribution in [1.29, 1.82) is 0 Å². The summed E-state index contributed by atoms with van der Waals surface area (Å²) < 4.78 is 0. The average Bonchev–Trinajstić information content (AvgIpc) is 2.74. The maximum absolute atomic E-state index is 13.1. The van der Waals surface area contributed by atoms with E-state index < -0.39 is 0 Å². The van der Waals surface area contributed by atoms with E-state index in [1.54, 1.807) is 35.2 Å². The molecule has 3 rings (SSSR count). The molecule has 0 bridgehead atoms. The molecule has 0 heterocycles. The first-order valence-electron chi connectivity index (χ1n) is 9.21. The van der Waals surface area contributed by atoms with Crippen LogP contribution in [-0.4, -0.2) is 24.9 Å². The van der Waals surface area contributed by atoms with Crippen molar-refractivity contribution in [2.24, 2.45) is 0 Å². The number of halogens is 2. The van der Waals surface area contributed by atoms with Crippen molar-refractivity contribution in [2.45, 2.75) is 6.42 Å². The molecule has 0 atom stereocenters. The maximum atomic E-state index is 13.1. The number of carbonyl (C=O) groups is 2. The van der Waals surface area contributed by atoms with Gasteiger partial charge in [0.05, 0.1) is 10.6 Å². The lowest BCUT2D eigenvalue weighted by molar-refractivity contribution is 0.0953. The van der Waals surface area contributed by atoms with Gasteiger partial charge in [-0.05, 0) is 48.9 Å². The van der Waals surface area contributed by atoms with E-state index in [9.17, 15) is 9.59 Å². The Balaban J connectivity index is 1.68. The zero-order valence-electron chi connectivity index (χ0n) is 15.6. The number of hydrogen-bond acceptors (Lipinski definition) is 2. The first kappa shape index (κ1) is 20.9. The summed E-state index contributed by atoms with van der Waals surface area (Å²) >= 11 is 12.2. The van der Waals surface area contributed by atoms with Gasteiger partial charge in [-0.2, -0.15) is 0 Å². The molecule has 148 valence electrons. The number of carbonyl (C=O) groups excluding carboxylic acids is 2. The fourth-order valence-electron chi connectivity index (χ4n) is 2.89. The van der Waals surface area contributed by atoms with Crippen LogP contribution in [-0.2, 0) is 0 Å². The Morgan fingerprint density at radius 1 is 0.862 bits per heavy atom. The van der Waals surface area contributed by atoms with Gasteiger partial charge in [-0.3, -0.25) is 9.59 Å². The summed E-state index contributed by atoms with van der Waals surface area (Å²) in [7, 11) is 0. The van der Waals surface area contributed by atoms with Crippen molar-refractivity contribution in [3.8, 4) is 0 Å². The Kier molecular flexibility index (Phi) is 7.28. The van der Waals surface area contributed by atoms with Crippen LogP contribution in [0.1, 0.15) is 27.1 Å². The molecule has 0 saturated heterocycles. The van der Waals surface area contributed by atoms with Crippen molar-refractivity contribution < 1.29 is 9.59 Å². The second-order valence-corrected chi connectivity index (χ2v) is 7.24. The standard InChI is InChI=1S/C23H20Cl2N2O2/c24-18-12-13-20(21(25)16-18)23(29)27(19-10-5-2-6-11-19)15-7-14-26-22(28)17-8-3-1-4-9-17/h1-6,8-13,16H,7,14-15H2,(H,26,28). The van der Waals surface area contributed by atoms with E-state index in [4.69, 9.17) is 23.2 Å². The number of hydrogen-bond donors (Lipinski definition) is 1. The summed E-state index contributed by atoms with van der Waals surface area (Å²) in [4.78, 5) is 27.0. The molecule has 1 N–H and O–H groups in total. The van der Waals surface area contributed by atoms with E-state index in [0.717, 1.165) is 5.69 Å². The fourth-order valence-corrected chi connectivity index (χ4v) is 3.38. The minimum Gasteiger partial charge on any atom is -0.352 e. The largest absolute Gasteiger partial charge is 0.352 e. The Labute approximate surface area is 180 Å². The van der Waals surface area contributed by atoms with Gasteiger partial charge in [0.1, 0.15) is 0 Å². The maximum Gasteiger partial charge on any atom is 0.259 e. The fraction of sp³-hybridized carbons (Fsp3) is 0.130. The van der Waals surface area contributed by atoms with E-state index >= 15 is 0 Å². The molecule has 0 aliphatic heterocycles. The third kappa shape index (κ3) is 5.59. The summed E-state index contributed by atoms with van der Waals surface area (Å²) in [6, 6.07) is 23.2. The number of para-hydroxylation sites is 1. The van der Waals surface area contributed by atoms with E-state index in [2.05, 4.69) is 5.32 Å². The lowest BCUT2D eigenvalue weighted by Gasteiger charge is -2.23. The van der Waals surface area contributed by atoms with Crippen molar-refractivity contribution in [3.05, 3.63) is 100 Å². The highest BCUT2D eigenvalue weighted by Gasteiger charge is 2.20. The lowest BCUT2D eigenvalue weighted by atomic mass is 10.1. The molecule has 0 spiro atoms. The highest BCUT2D eigenvalue weighted by atomic mass is 35.5. The molecule has 6 heteroatoms. The third-order valence-electron chi connectivity index (χ3n) is 4.35. The normalized spacial score (nSPS) is 10.4. The van der Waals surface area contributed by atoms with Crippen LogP contribution in [0.15, 0.2) is 78.9 Å². The third-order valence-corrected chi connectivity index (χ3v) is 4.90. The summed E-state index contributed by atoms with van der Waals surface area (Å²) in [5, 5.41) is 3.66. The number of nitrogens with zero attached hydrogens (tertiary/aromatic N) is 1. The smallest absolute Gasteiger partial charge is 0.259 e. The zero-order valence-corrected chi connectivity index (χ0v) is 17.2. The Bertz CT molecular complexity index is 979. The molecule has 0 unspecified atom stereocenters. The molecule has 0 aromatic heterocycles. The zero-order chi connectivity index (χ0) is 20.6. The molecular formula is C23H20Cl2N2O2. The molecule has 29 heavy (non-hydrogen) atoms. The molecule has 0 saturated carbocycles. The minimum absolute atomic E-state index is 0.135. The molecule has 3 aromatic carbocycles. The van der Waals surface area contributed by atoms with Gasteiger partial charge in [-0.15, -0.1) is 0 Å². The minimum atomic E-state index is -0.216. The number of anilines is 1. The number of benzene rings is 3. The van der Waals surface area contributed by atoms with Gasteiger partial charge in [-0.1, -0.05) is 59.6 Å². The summed E-state index contributed by atoms with van der Waals surface area (Å²) in [5.74, 6) is -0.351. The van der Waals surface area contributed by atoms with Gasteiger partial charge in [0.15, 0.2) is 0 Å². The topological polar surface area (TPSA) is 49.4 Å². The van der Waals surface area contributed by atoms with Crippen LogP contribution in [0.5, 0.6) is 0 Å².